The number of nitrogens with one attached hydrogen (secondary N) is 1. The van der Waals surface area contributed by atoms with Gasteiger partial charge in [-0.2, -0.15) is 0 Å². The monoisotopic (exact) mass is 382 g/mol. The van der Waals surface area contributed by atoms with Gasteiger partial charge in [-0.3, -0.25) is 4.90 Å². The third kappa shape index (κ3) is 4.01. The first kappa shape index (κ1) is 14.0. The van der Waals surface area contributed by atoms with Crippen LogP contribution in [0.2, 0.25) is 0 Å². The van der Waals surface area contributed by atoms with Crippen LogP contribution >= 0.6 is 43.2 Å². The largest absolute Gasteiger partial charge is 0.374 e. The van der Waals surface area contributed by atoms with Crippen LogP contribution in [0.5, 0.6) is 0 Å². The second-order valence-electron chi connectivity index (χ2n) is 4.12. The van der Waals surface area contributed by atoms with Crippen LogP contribution in [0.25, 0.3) is 0 Å². The van der Waals surface area contributed by atoms with E-state index in [0.29, 0.717) is 6.10 Å². The van der Waals surface area contributed by atoms with Crippen LogP contribution in [0, 0.1) is 0 Å². The molecule has 1 saturated heterocycles. The Labute approximate surface area is 123 Å². The first-order chi connectivity index (χ1) is 8.19. The van der Waals surface area contributed by atoms with E-state index in [4.69, 9.17) is 4.74 Å². The second kappa shape index (κ2) is 6.63. The molecule has 3 nitrogen and oxygen atoms in total. The minimum atomic E-state index is 0.320. The Morgan fingerprint density at radius 2 is 2.41 bits per heavy atom. The average molecular weight is 384 g/mol. The number of thiophene rings is 1. The summed E-state index contributed by atoms with van der Waals surface area (Å²) in [6.45, 7) is 4.80. The van der Waals surface area contributed by atoms with Crippen molar-refractivity contribution in [3.63, 3.8) is 0 Å². The maximum absolute atomic E-state index is 5.70. The maximum atomic E-state index is 5.70. The summed E-state index contributed by atoms with van der Waals surface area (Å²) in [7, 11) is 1.97. The molecule has 0 saturated carbocycles. The molecule has 0 spiro atoms. The number of halogens is 2. The van der Waals surface area contributed by atoms with E-state index < -0.39 is 0 Å². The van der Waals surface area contributed by atoms with Gasteiger partial charge < -0.3 is 10.1 Å². The molecule has 0 amide bonds. The maximum Gasteiger partial charge on any atom is 0.0843 e. The van der Waals surface area contributed by atoms with Crippen molar-refractivity contribution < 1.29 is 4.74 Å². The van der Waals surface area contributed by atoms with Gasteiger partial charge in [0.1, 0.15) is 0 Å². The van der Waals surface area contributed by atoms with E-state index in [2.05, 4.69) is 48.1 Å². The third-order valence-corrected chi connectivity index (χ3v) is 5.97. The summed E-state index contributed by atoms with van der Waals surface area (Å²) in [6, 6.07) is 2.19. The molecule has 0 aliphatic carbocycles. The number of nitrogens with zero attached hydrogens (tertiary/aromatic N) is 1. The lowest BCUT2D eigenvalue weighted by Crippen LogP contribution is -2.45. The van der Waals surface area contributed by atoms with Gasteiger partial charge in [-0.15, -0.1) is 11.3 Å². The molecule has 2 heterocycles. The molecule has 0 radical (unpaired) electrons. The molecule has 1 aromatic rings. The molecule has 6 heteroatoms. The zero-order chi connectivity index (χ0) is 12.3. The Morgan fingerprint density at radius 1 is 1.59 bits per heavy atom. The number of hydrogen-bond donors (Lipinski definition) is 1. The highest BCUT2D eigenvalue weighted by Crippen LogP contribution is 2.33. The van der Waals surface area contributed by atoms with Crippen molar-refractivity contribution in [2.24, 2.45) is 0 Å². The van der Waals surface area contributed by atoms with Crippen molar-refractivity contribution in [2.45, 2.75) is 12.6 Å². The molecular formula is C11H16Br2N2OS. The van der Waals surface area contributed by atoms with E-state index in [0.717, 1.165) is 37.3 Å². The van der Waals surface area contributed by atoms with Crippen LogP contribution in [0.4, 0.5) is 0 Å². The quantitative estimate of drug-likeness (QED) is 0.864. The van der Waals surface area contributed by atoms with Crippen molar-refractivity contribution in [3.05, 3.63) is 19.2 Å². The van der Waals surface area contributed by atoms with Crippen LogP contribution in [0.1, 0.15) is 4.88 Å². The molecule has 0 aromatic carbocycles. The summed E-state index contributed by atoms with van der Waals surface area (Å²) in [6.07, 6.45) is 0.320. The highest BCUT2D eigenvalue weighted by Gasteiger charge is 2.20. The Kier molecular flexibility index (Phi) is 5.45. The van der Waals surface area contributed by atoms with Gasteiger partial charge in [0.05, 0.1) is 16.5 Å². The van der Waals surface area contributed by atoms with Crippen LogP contribution < -0.4 is 5.32 Å². The Morgan fingerprint density at radius 3 is 3.06 bits per heavy atom. The van der Waals surface area contributed by atoms with Crippen molar-refractivity contribution >= 4 is 43.2 Å². The van der Waals surface area contributed by atoms with E-state index in [1.807, 2.05) is 7.05 Å². The third-order valence-electron chi connectivity index (χ3n) is 2.73. The fraction of sp³-hybridized carbons (Fsp3) is 0.636. The van der Waals surface area contributed by atoms with Gasteiger partial charge in [0, 0.05) is 35.5 Å². The molecule has 1 aliphatic heterocycles. The summed E-state index contributed by atoms with van der Waals surface area (Å²) in [4.78, 5) is 3.84. The van der Waals surface area contributed by atoms with Gasteiger partial charge >= 0.3 is 0 Å². The van der Waals surface area contributed by atoms with Gasteiger partial charge in [-0.1, -0.05) is 0 Å². The van der Waals surface area contributed by atoms with E-state index in [9.17, 15) is 0 Å². The van der Waals surface area contributed by atoms with Crippen molar-refractivity contribution in [2.75, 3.05) is 33.3 Å². The fourth-order valence-corrected chi connectivity index (χ4v) is 4.18. The van der Waals surface area contributed by atoms with E-state index in [1.165, 1.54) is 8.66 Å². The standard InChI is InChI=1S/C11H16Br2N2OS/c1-14-5-8-6-15(2-3-16-8)7-9-4-10(12)11(13)17-9/h4,8,14H,2-3,5-7H2,1H3. The van der Waals surface area contributed by atoms with Gasteiger partial charge in [-0.05, 0) is 45.0 Å². The molecule has 17 heavy (non-hydrogen) atoms. The highest BCUT2D eigenvalue weighted by atomic mass is 79.9. The minimum absolute atomic E-state index is 0.320. The van der Waals surface area contributed by atoms with E-state index >= 15 is 0 Å². The smallest absolute Gasteiger partial charge is 0.0843 e. The molecular weight excluding hydrogens is 368 g/mol. The Balaban J connectivity index is 1.90. The Bertz CT molecular complexity index is 351. The van der Waals surface area contributed by atoms with Crippen LogP contribution in [-0.4, -0.2) is 44.3 Å². The Hall–Kier alpha value is 0.540. The number of likely N-dealkylation sites (N-methyl/N-ethyl adjacent to an activating group) is 1. The van der Waals surface area contributed by atoms with Crippen LogP contribution in [0.3, 0.4) is 0 Å². The second-order valence-corrected chi connectivity index (χ2v) is 7.43. The number of hydrogen-bond acceptors (Lipinski definition) is 4. The molecule has 96 valence electrons. The number of morpholine rings is 1. The summed E-state index contributed by atoms with van der Waals surface area (Å²) < 4.78 is 8.02. The van der Waals surface area contributed by atoms with Crippen molar-refractivity contribution in [1.82, 2.24) is 10.2 Å². The van der Waals surface area contributed by atoms with Crippen LogP contribution in [-0.2, 0) is 11.3 Å². The summed E-state index contributed by atoms with van der Waals surface area (Å²) in [5.41, 5.74) is 0. The highest BCUT2D eigenvalue weighted by molar-refractivity contribution is 9.13. The predicted octanol–water partition coefficient (Wildman–Crippen LogP) is 2.69. The van der Waals surface area contributed by atoms with Gasteiger partial charge in [0.2, 0.25) is 0 Å². The van der Waals surface area contributed by atoms with Gasteiger partial charge in [0.25, 0.3) is 0 Å². The van der Waals surface area contributed by atoms with E-state index in [1.54, 1.807) is 11.3 Å². The lowest BCUT2D eigenvalue weighted by molar-refractivity contribution is -0.0288. The molecule has 1 unspecified atom stereocenters. The molecule has 1 fully saturated rings. The zero-order valence-electron chi connectivity index (χ0n) is 9.71. The molecule has 1 aliphatic rings. The molecule has 1 aromatic heterocycles. The minimum Gasteiger partial charge on any atom is -0.374 e. The molecule has 0 bridgehead atoms. The number of rotatable bonds is 4. The summed E-state index contributed by atoms with van der Waals surface area (Å²) in [5, 5.41) is 3.17. The predicted molar refractivity (Wildman–Crippen MR) is 78.7 cm³/mol. The van der Waals surface area contributed by atoms with E-state index in [-0.39, 0.29) is 0 Å². The lowest BCUT2D eigenvalue weighted by Gasteiger charge is -2.32. The first-order valence-corrected chi connectivity index (χ1v) is 8.01. The van der Waals surface area contributed by atoms with Gasteiger partial charge in [0.15, 0.2) is 0 Å². The summed E-state index contributed by atoms with van der Waals surface area (Å²) >= 11 is 8.86. The van der Waals surface area contributed by atoms with Crippen molar-refractivity contribution in [3.8, 4) is 0 Å². The lowest BCUT2D eigenvalue weighted by atomic mass is 10.2. The average Bonchev–Trinajstić information content (AvgIpc) is 2.59. The van der Waals surface area contributed by atoms with Crippen LogP contribution in [0.15, 0.2) is 14.3 Å². The SMILES string of the molecule is CNCC1CN(Cc2cc(Br)c(Br)s2)CCO1. The van der Waals surface area contributed by atoms with Crippen molar-refractivity contribution in [1.29, 1.82) is 0 Å². The zero-order valence-corrected chi connectivity index (χ0v) is 13.7. The van der Waals surface area contributed by atoms with Gasteiger partial charge in [-0.25, -0.2) is 0 Å². The first-order valence-electron chi connectivity index (χ1n) is 5.61. The molecule has 2 rings (SSSR count). The topological polar surface area (TPSA) is 24.5 Å². The normalized spacial score (nSPS) is 21.9. The summed E-state index contributed by atoms with van der Waals surface area (Å²) in [5.74, 6) is 0. The molecule has 1 atom stereocenters. The fourth-order valence-electron chi connectivity index (χ4n) is 1.96. The molecule has 1 N–H and O–H groups in total. The number of ether oxygens (including phenoxy) is 1.